The molecular weight excluding hydrogens is 461 g/mol. The van der Waals surface area contributed by atoms with E-state index in [0.717, 1.165) is 55.7 Å². The highest BCUT2D eigenvalue weighted by molar-refractivity contribution is 5.44. The second-order valence-electron chi connectivity index (χ2n) is 9.82. The molecule has 188 valence electrons. The van der Waals surface area contributed by atoms with Gasteiger partial charge in [-0.2, -0.15) is 4.98 Å². The third-order valence-corrected chi connectivity index (χ3v) is 7.03. The average molecular weight is 492 g/mol. The van der Waals surface area contributed by atoms with Crippen molar-refractivity contribution < 1.29 is 14.1 Å². The fraction of sp³-hybridized carbons (Fsp3) is 0.407. The van der Waals surface area contributed by atoms with Crippen molar-refractivity contribution in [2.24, 2.45) is 5.92 Å². The van der Waals surface area contributed by atoms with Crippen LogP contribution in [0.2, 0.25) is 0 Å². The van der Waals surface area contributed by atoms with Crippen LogP contribution in [0.5, 0.6) is 11.6 Å². The molecule has 0 saturated carbocycles. The molecule has 3 heterocycles. The summed E-state index contributed by atoms with van der Waals surface area (Å²) in [5.41, 5.74) is 3.34. The molecule has 0 atom stereocenters. The molecule has 1 saturated heterocycles. The fourth-order valence-corrected chi connectivity index (χ4v) is 4.82. The zero-order valence-electron chi connectivity index (χ0n) is 20.6. The highest BCUT2D eigenvalue weighted by Gasteiger charge is 2.27. The van der Waals surface area contributed by atoms with Gasteiger partial charge in [-0.25, -0.2) is 9.37 Å². The van der Waals surface area contributed by atoms with Gasteiger partial charge >= 0.3 is 0 Å². The van der Waals surface area contributed by atoms with E-state index in [1.165, 1.54) is 12.1 Å². The molecular formula is C27H30FN5O3. The van der Waals surface area contributed by atoms with E-state index >= 15 is 0 Å². The SMILES string of the molecule is Cc1cc(Oc2nc(N3CCC(C)CC3)nc3c2CN(Cc2cccc([N+](=O)[O-])c2)CC3)ccc1F. The molecule has 1 aromatic heterocycles. The van der Waals surface area contributed by atoms with Gasteiger partial charge < -0.3 is 9.64 Å². The van der Waals surface area contributed by atoms with Crippen molar-refractivity contribution in [3.8, 4) is 11.6 Å². The number of fused-ring (bicyclic) bond motifs is 1. The Morgan fingerprint density at radius 1 is 1.14 bits per heavy atom. The minimum absolute atomic E-state index is 0.0874. The molecule has 0 bridgehead atoms. The first-order valence-electron chi connectivity index (χ1n) is 12.4. The molecule has 36 heavy (non-hydrogen) atoms. The first-order chi connectivity index (χ1) is 17.4. The number of hydrogen-bond donors (Lipinski definition) is 0. The van der Waals surface area contributed by atoms with Crippen LogP contribution in [0.3, 0.4) is 0 Å². The molecule has 8 nitrogen and oxygen atoms in total. The zero-order chi connectivity index (χ0) is 25.2. The van der Waals surface area contributed by atoms with Gasteiger partial charge in [-0.3, -0.25) is 15.0 Å². The Bertz CT molecular complexity index is 1280. The van der Waals surface area contributed by atoms with Crippen molar-refractivity contribution in [2.75, 3.05) is 24.5 Å². The standard InChI is InChI=1S/C27H30FN5O3/c1-18-8-12-32(13-9-18)27-29-25-10-11-31(16-20-4-3-5-21(15-20)33(34)35)17-23(25)26(30-27)36-22-6-7-24(28)19(2)14-22/h3-7,14-15,18H,8-13,16-17H2,1-2H3. The quantitative estimate of drug-likeness (QED) is 0.336. The summed E-state index contributed by atoms with van der Waals surface area (Å²) in [4.78, 5) is 25.0. The number of non-ortho nitro benzene ring substituents is 1. The summed E-state index contributed by atoms with van der Waals surface area (Å²) < 4.78 is 20.1. The number of aromatic nitrogens is 2. The number of ether oxygens (including phenoxy) is 1. The van der Waals surface area contributed by atoms with Gasteiger partial charge in [-0.05, 0) is 55.0 Å². The lowest BCUT2D eigenvalue weighted by atomic mass is 9.99. The molecule has 2 aromatic carbocycles. The molecule has 5 rings (SSSR count). The molecule has 2 aliphatic rings. The summed E-state index contributed by atoms with van der Waals surface area (Å²) in [6.07, 6.45) is 2.93. The fourth-order valence-electron chi connectivity index (χ4n) is 4.82. The minimum Gasteiger partial charge on any atom is -0.438 e. The van der Waals surface area contributed by atoms with E-state index in [1.54, 1.807) is 31.2 Å². The first kappa shape index (κ1) is 24.1. The molecule has 0 unspecified atom stereocenters. The van der Waals surface area contributed by atoms with E-state index in [-0.39, 0.29) is 16.4 Å². The topological polar surface area (TPSA) is 84.6 Å². The van der Waals surface area contributed by atoms with E-state index in [4.69, 9.17) is 14.7 Å². The Morgan fingerprint density at radius 2 is 1.94 bits per heavy atom. The second-order valence-corrected chi connectivity index (χ2v) is 9.82. The van der Waals surface area contributed by atoms with Crippen LogP contribution >= 0.6 is 0 Å². The first-order valence-corrected chi connectivity index (χ1v) is 12.4. The van der Waals surface area contributed by atoms with Crippen LogP contribution in [0.15, 0.2) is 42.5 Å². The maximum atomic E-state index is 13.8. The Hall–Kier alpha value is -3.59. The van der Waals surface area contributed by atoms with Crippen molar-refractivity contribution in [1.29, 1.82) is 0 Å². The Kier molecular flexibility index (Phi) is 6.82. The molecule has 9 heteroatoms. The number of nitrogens with zero attached hydrogens (tertiary/aromatic N) is 5. The van der Waals surface area contributed by atoms with Gasteiger partial charge in [0.15, 0.2) is 0 Å². The van der Waals surface area contributed by atoms with E-state index in [2.05, 4.69) is 16.7 Å². The molecule has 1 fully saturated rings. The van der Waals surface area contributed by atoms with E-state index < -0.39 is 0 Å². The zero-order valence-corrected chi connectivity index (χ0v) is 20.6. The molecule has 0 aliphatic carbocycles. The number of aryl methyl sites for hydroxylation is 1. The van der Waals surface area contributed by atoms with E-state index in [0.29, 0.717) is 42.1 Å². The average Bonchev–Trinajstić information content (AvgIpc) is 2.87. The lowest BCUT2D eigenvalue weighted by Gasteiger charge is -2.33. The lowest BCUT2D eigenvalue weighted by molar-refractivity contribution is -0.384. The van der Waals surface area contributed by atoms with Crippen LogP contribution in [0.1, 0.15) is 42.1 Å². The third kappa shape index (κ3) is 5.31. The van der Waals surface area contributed by atoms with Crippen LogP contribution in [-0.2, 0) is 19.5 Å². The van der Waals surface area contributed by atoms with Gasteiger partial charge in [0.1, 0.15) is 11.6 Å². The van der Waals surface area contributed by atoms with Gasteiger partial charge in [-0.15, -0.1) is 0 Å². The number of hydrogen-bond acceptors (Lipinski definition) is 7. The third-order valence-electron chi connectivity index (χ3n) is 7.03. The largest absolute Gasteiger partial charge is 0.438 e. The summed E-state index contributed by atoms with van der Waals surface area (Å²) >= 11 is 0. The van der Waals surface area contributed by atoms with Crippen molar-refractivity contribution in [2.45, 2.75) is 46.2 Å². The number of piperidine rings is 1. The van der Waals surface area contributed by atoms with Crippen LogP contribution in [0.4, 0.5) is 16.0 Å². The van der Waals surface area contributed by atoms with E-state index in [1.807, 2.05) is 6.07 Å². The van der Waals surface area contributed by atoms with Gasteiger partial charge in [0, 0.05) is 51.3 Å². The van der Waals surface area contributed by atoms with Crippen molar-refractivity contribution in [3.63, 3.8) is 0 Å². The molecule has 0 spiro atoms. The summed E-state index contributed by atoms with van der Waals surface area (Å²) in [6, 6.07) is 11.4. The van der Waals surface area contributed by atoms with Crippen molar-refractivity contribution >= 4 is 11.6 Å². The Labute approximate surface area is 209 Å². The molecule has 0 radical (unpaired) electrons. The van der Waals surface area contributed by atoms with E-state index in [9.17, 15) is 14.5 Å². The number of nitro groups is 1. The second kappa shape index (κ2) is 10.2. The monoisotopic (exact) mass is 491 g/mol. The predicted octanol–water partition coefficient (Wildman–Crippen LogP) is 5.42. The minimum atomic E-state index is -0.373. The lowest BCUT2D eigenvalue weighted by Crippen LogP contribution is -2.36. The number of nitro benzene ring substituents is 1. The van der Waals surface area contributed by atoms with Crippen molar-refractivity contribution in [1.82, 2.24) is 14.9 Å². The highest BCUT2D eigenvalue weighted by Crippen LogP contribution is 2.33. The van der Waals surface area contributed by atoms with Gasteiger partial charge in [0.25, 0.3) is 5.69 Å². The number of anilines is 1. The number of rotatable bonds is 6. The van der Waals surface area contributed by atoms with Crippen LogP contribution in [-0.4, -0.2) is 39.4 Å². The Morgan fingerprint density at radius 3 is 2.69 bits per heavy atom. The summed E-state index contributed by atoms with van der Waals surface area (Å²) in [5, 5.41) is 11.2. The smallest absolute Gasteiger partial charge is 0.269 e. The summed E-state index contributed by atoms with van der Waals surface area (Å²) in [5.74, 6) is 2.12. The number of halogens is 1. The molecule has 0 amide bonds. The normalized spacial score (nSPS) is 16.6. The maximum Gasteiger partial charge on any atom is 0.269 e. The molecule has 3 aromatic rings. The van der Waals surface area contributed by atoms with Crippen LogP contribution in [0.25, 0.3) is 0 Å². The van der Waals surface area contributed by atoms with Crippen LogP contribution in [0, 0.1) is 28.8 Å². The highest BCUT2D eigenvalue weighted by atomic mass is 19.1. The molecule has 2 aliphatic heterocycles. The maximum absolute atomic E-state index is 13.8. The number of benzene rings is 2. The van der Waals surface area contributed by atoms with Crippen LogP contribution < -0.4 is 9.64 Å². The Balaban J connectivity index is 1.44. The van der Waals surface area contributed by atoms with Gasteiger partial charge in [0.2, 0.25) is 11.8 Å². The molecule has 0 N–H and O–H groups in total. The summed E-state index contributed by atoms with van der Waals surface area (Å²) in [6.45, 7) is 7.71. The predicted molar refractivity (Wildman–Crippen MR) is 135 cm³/mol. The summed E-state index contributed by atoms with van der Waals surface area (Å²) in [7, 11) is 0. The van der Waals surface area contributed by atoms with Gasteiger partial charge in [0.05, 0.1) is 16.2 Å². The van der Waals surface area contributed by atoms with Crippen molar-refractivity contribution in [3.05, 3.63) is 80.8 Å². The van der Waals surface area contributed by atoms with Gasteiger partial charge in [-0.1, -0.05) is 19.1 Å².